The summed E-state index contributed by atoms with van der Waals surface area (Å²) < 4.78 is 54.1. The van der Waals surface area contributed by atoms with Gasteiger partial charge in [-0.15, -0.1) is 0 Å². The first-order valence-corrected chi connectivity index (χ1v) is 12.2. The average molecular weight is 496 g/mol. The van der Waals surface area contributed by atoms with Crippen LogP contribution in [0.25, 0.3) is 0 Å². The number of hydrogen-bond acceptors (Lipinski definition) is 7. The first-order valence-electron chi connectivity index (χ1n) is 10.8. The Morgan fingerprint density at radius 2 is 1.71 bits per heavy atom. The molecule has 0 unspecified atom stereocenters. The van der Waals surface area contributed by atoms with E-state index in [2.05, 4.69) is 4.98 Å². The summed E-state index contributed by atoms with van der Waals surface area (Å²) in [6.07, 6.45) is 1.78. The number of amides is 1. The third kappa shape index (κ3) is 4.85. The number of aromatic nitrogens is 1. The number of halogens is 2. The summed E-state index contributed by atoms with van der Waals surface area (Å²) in [6.45, 7) is 2.02. The van der Waals surface area contributed by atoms with E-state index in [4.69, 9.17) is 0 Å². The summed E-state index contributed by atoms with van der Waals surface area (Å²) >= 11 is 0. The summed E-state index contributed by atoms with van der Waals surface area (Å²) in [5.41, 5.74) is -0.0916. The van der Waals surface area contributed by atoms with Gasteiger partial charge in [0.15, 0.2) is 0 Å². The van der Waals surface area contributed by atoms with E-state index in [9.17, 15) is 32.1 Å². The molecule has 4 rings (SSSR count). The van der Waals surface area contributed by atoms with E-state index < -0.39 is 31.5 Å². The minimum absolute atomic E-state index is 0.0430. The van der Waals surface area contributed by atoms with Crippen LogP contribution in [0.15, 0.2) is 41.4 Å². The normalized spacial score (nSPS) is 18.2. The Kier molecular flexibility index (Phi) is 6.75. The number of carbonyl (C=O) groups excluding carboxylic acids is 1. The molecule has 0 aliphatic carbocycles. The van der Waals surface area contributed by atoms with Gasteiger partial charge in [-0.05, 0) is 37.1 Å². The Hall–Kier alpha value is -3.19. The molecule has 10 nitrogen and oxygen atoms in total. The molecule has 0 N–H and O–H groups in total. The number of piperazine rings is 1. The number of pyridine rings is 1. The zero-order chi connectivity index (χ0) is 24.5. The molecule has 0 atom stereocenters. The first kappa shape index (κ1) is 24.0. The van der Waals surface area contributed by atoms with Crippen molar-refractivity contribution in [3.05, 3.63) is 58.3 Å². The van der Waals surface area contributed by atoms with Gasteiger partial charge in [0.05, 0.1) is 4.92 Å². The van der Waals surface area contributed by atoms with Crippen molar-refractivity contribution in [2.45, 2.75) is 17.7 Å². The molecule has 13 heteroatoms. The Morgan fingerprint density at radius 3 is 2.29 bits per heavy atom. The second-order valence-electron chi connectivity index (χ2n) is 8.20. The number of anilines is 1. The molecule has 3 heterocycles. The number of piperidine rings is 1. The maximum Gasteiger partial charge on any atom is 0.287 e. The molecule has 0 saturated carbocycles. The Labute approximate surface area is 195 Å². The van der Waals surface area contributed by atoms with Gasteiger partial charge in [-0.25, -0.2) is 22.2 Å². The monoisotopic (exact) mass is 495 g/mol. The fourth-order valence-corrected chi connectivity index (χ4v) is 5.79. The van der Waals surface area contributed by atoms with Crippen LogP contribution in [0.3, 0.4) is 0 Å². The van der Waals surface area contributed by atoms with E-state index in [0.717, 1.165) is 16.4 Å². The summed E-state index contributed by atoms with van der Waals surface area (Å²) in [6, 6.07) is 5.27. The van der Waals surface area contributed by atoms with Gasteiger partial charge < -0.3 is 9.80 Å². The van der Waals surface area contributed by atoms with Crippen LogP contribution in [-0.2, 0) is 14.8 Å². The molecule has 0 spiro atoms. The number of hydrogen-bond donors (Lipinski definition) is 0. The smallest absolute Gasteiger partial charge is 0.287 e. The molecule has 1 aromatic carbocycles. The summed E-state index contributed by atoms with van der Waals surface area (Å²) in [5.74, 6) is -1.67. The lowest BCUT2D eigenvalue weighted by Crippen LogP contribution is -2.52. The highest BCUT2D eigenvalue weighted by atomic mass is 32.2. The first-order chi connectivity index (χ1) is 16.2. The van der Waals surface area contributed by atoms with Crippen LogP contribution < -0.4 is 4.90 Å². The van der Waals surface area contributed by atoms with E-state index >= 15 is 0 Å². The lowest BCUT2D eigenvalue weighted by molar-refractivity contribution is -0.385. The highest BCUT2D eigenvalue weighted by molar-refractivity contribution is 7.89. The summed E-state index contributed by atoms with van der Waals surface area (Å²) in [4.78, 5) is 30.3. The van der Waals surface area contributed by atoms with Crippen molar-refractivity contribution in [2.75, 3.05) is 44.2 Å². The average Bonchev–Trinajstić information content (AvgIpc) is 2.85. The molecule has 2 aromatic rings. The van der Waals surface area contributed by atoms with Crippen LogP contribution >= 0.6 is 0 Å². The topological polar surface area (TPSA) is 117 Å². The quantitative estimate of drug-likeness (QED) is 0.460. The van der Waals surface area contributed by atoms with Crippen LogP contribution in [-0.4, -0.2) is 72.7 Å². The number of rotatable bonds is 5. The predicted octanol–water partition coefficient (Wildman–Crippen LogP) is 2.02. The fraction of sp³-hybridized carbons (Fsp3) is 0.429. The molecule has 1 amide bonds. The second kappa shape index (κ2) is 9.58. The Balaban J connectivity index is 1.32. The van der Waals surface area contributed by atoms with E-state index in [1.165, 1.54) is 12.3 Å². The molecule has 0 bridgehead atoms. The van der Waals surface area contributed by atoms with Crippen molar-refractivity contribution in [3.63, 3.8) is 0 Å². The highest BCUT2D eigenvalue weighted by Crippen LogP contribution is 2.27. The van der Waals surface area contributed by atoms with Gasteiger partial charge in [-0.2, -0.15) is 4.31 Å². The summed E-state index contributed by atoms with van der Waals surface area (Å²) in [7, 11) is -4.20. The zero-order valence-electron chi connectivity index (χ0n) is 18.1. The van der Waals surface area contributed by atoms with E-state index in [-0.39, 0.29) is 30.6 Å². The van der Waals surface area contributed by atoms with Crippen molar-refractivity contribution >= 4 is 27.4 Å². The Morgan fingerprint density at radius 1 is 1.03 bits per heavy atom. The molecule has 0 radical (unpaired) electrons. The summed E-state index contributed by atoms with van der Waals surface area (Å²) in [5, 5.41) is 10.8. The standard InChI is InChI=1S/C21H23F2N5O5S/c22-16-1-3-18(23)19(13-16)34(32,33)27-7-5-15(6-8-27)21(29)26-11-9-25(10-12-26)20-4-2-17(14-24-20)28(30)31/h1-4,13-15H,5-12H2. The largest absolute Gasteiger partial charge is 0.353 e. The number of carbonyl (C=O) groups is 1. The maximum atomic E-state index is 14.0. The third-order valence-electron chi connectivity index (χ3n) is 6.17. The van der Waals surface area contributed by atoms with E-state index in [1.54, 1.807) is 11.0 Å². The van der Waals surface area contributed by atoms with E-state index in [1.807, 2.05) is 4.90 Å². The van der Waals surface area contributed by atoms with Crippen LogP contribution in [0.2, 0.25) is 0 Å². The lowest BCUT2D eigenvalue weighted by atomic mass is 9.96. The molecule has 2 aliphatic heterocycles. The minimum atomic E-state index is -4.20. The van der Waals surface area contributed by atoms with Crippen LogP contribution in [0.5, 0.6) is 0 Å². The molecule has 2 saturated heterocycles. The van der Waals surface area contributed by atoms with Gasteiger partial charge in [0.2, 0.25) is 15.9 Å². The lowest BCUT2D eigenvalue weighted by Gasteiger charge is -2.38. The fourth-order valence-electron chi connectivity index (χ4n) is 4.24. The van der Waals surface area contributed by atoms with Gasteiger partial charge in [-0.3, -0.25) is 14.9 Å². The number of sulfonamides is 1. The van der Waals surface area contributed by atoms with Crippen molar-refractivity contribution in [1.29, 1.82) is 0 Å². The molecule has 2 fully saturated rings. The SMILES string of the molecule is O=C(C1CCN(S(=O)(=O)c2cc(F)ccc2F)CC1)N1CCN(c2ccc([N+](=O)[O-])cn2)CC1. The van der Waals surface area contributed by atoms with Crippen LogP contribution in [0, 0.1) is 27.7 Å². The molecule has 2 aliphatic rings. The van der Waals surface area contributed by atoms with Crippen molar-refractivity contribution in [3.8, 4) is 0 Å². The Bertz CT molecular complexity index is 1180. The third-order valence-corrected chi connectivity index (χ3v) is 8.09. The predicted molar refractivity (Wildman–Crippen MR) is 118 cm³/mol. The van der Waals surface area contributed by atoms with Crippen molar-refractivity contribution in [1.82, 2.24) is 14.2 Å². The maximum absolute atomic E-state index is 14.0. The zero-order valence-corrected chi connectivity index (χ0v) is 19.0. The molecular weight excluding hydrogens is 472 g/mol. The number of nitrogens with zero attached hydrogens (tertiary/aromatic N) is 5. The minimum Gasteiger partial charge on any atom is -0.353 e. The van der Waals surface area contributed by atoms with Gasteiger partial charge >= 0.3 is 0 Å². The molecule has 182 valence electrons. The van der Waals surface area contributed by atoms with Crippen molar-refractivity contribution in [2.24, 2.45) is 5.92 Å². The number of benzene rings is 1. The van der Waals surface area contributed by atoms with Crippen molar-refractivity contribution < 1.29 is 26.9 Å². The van der Waals surface area contributed by atoms with Crippen LogP contribution in [0.4, 0.5) is 20.3 Å². The van der Waals surface area contributed by atoms with Gasteiger partial charge in [0.1, 0.15) is 28.5 Å². The van der Waals surface area contributed by atoms with Gasteiger partial charge in [0.25, 0.3) is 5.69 Å². The van der Waals surface area contributed by atoms with Gasteiger partial charge in [0, 0.05) is 51.3 Å². The molecular formula is C21H23F2N5O5S. The molecule has 1 aromatic heterocycles. The van der Waals surface area contributed by atoms with Crippen LogP contribution in [0.1, 0.15) is 12.8 Å². The molecule has 34 heavy (non-hydrogen) atoms. The number of nitro groups is 1. The highest BCUT2D eigenvalue weighted by Gasteiger charge is 2.36. The van der Waals surface area contributed by atoms with E-state index in [0.29, 0.717) is 50.9 Å². The second-order valence-corrected chi connectivity index (χ2v) is 10.1. The van der Waals surface area contributed by atoms with Gasteiger partial charge in [-0.1, -0.05) is 0 Å².